The van der Waals surface area contributed by atoms with Crippen LogP contribution >= 0.6 is 0 Å². The van der Waals surface area contributed by atoms with E-state index in [0.717, 1.165) is 35.5 Å². The highest BCUT2D eigenvalue weighted by Crippen LogP contribution is 2.31. The summed E-state index contributed by atoms with van der Waals surface area (Å²) in [6, 6.07) is 12.5. The molecule has 1 amide bonds. The zero-order valence-electron chi connectivity index (χ0n) is 16.4. The number of amides is 1. The molecule has 5 nitrogen and oxygen atoms in total. The molecule has 2 aromatic rings. The number of benzene rings is 2. The van der Waals surface area contributed by atoms with Gasteiger partial charge in [-0.2, -0.15) is 0 Å². The Labute approximate surface area is 165 Å². The number of nitrogens with zero attached hydrogens (tertiary/aromatic N) is 1. The molecule has 0 heterocycles. The second-order valence-electron chi connectivity index (χ2n) is 7.04. The van der Waals surface area contributed by atoms with Crippen LogP contribution < -0.4 is 14.8 Å². The van der Waals surface area contributed by atoms with Crippen molar-refractivity contribution >= 4 is 5.91 Å². The summed E-state index contributed by atoms with van der Waals surface area (Å²) in [5.41, 5.74) is 2.01. The highest BCUT2D eigenvalue weighted by atomic mass is 19.1. The topological polar surface area (TPSA) is 50.8 Å². The lowest BCUT2D eigenvalue weighted by Crippen LogP contribution is -2.38. The fourth-order valence-corrected chi connectivity index (χ4v) is 3.22. The summed E-state index contributed by atoms with van der Waals surface area (Å²) in [7, 11) is 3.29. The van der Waals surface area contributed by atoms with Crippen LogP contribution in [0.5, 0.6) is 11.5 Å². The molecule has 0 bridgehead atoms. The molecule has 0 saturated heterocycles. The molecule has 1 saturated carbocycles. The molecule has 3 rings (SSSR count). The maximum atomic E-state index is 13.0. The van der Waals surface area contributed by atoms with Crippen molar-refractivity contribution in [2.75, 3.05) is 27.3 Å². The van der Waals surface area contributed by atoms with E-state index in [4.69, 9.17) is 9.47 Å². The van der Waals surface area contributed by atoms with Gasteiger partial charge in [-0.3, -0.25) is 9.69 Å². The molecular weight excluding hydrogens is 359 g/mol. The second-order valence-corrected chi connectivity index (χ2v) is 7.04. The van der Waals surface area contributed by atoms with E-state index < -0.39 is 0 Å². The van der Waals surface area contributed by atoms with Gasteiger partial charge in [-0.15, -0.1) is 0 Å². The van der Waals surface area contributed by atoms with Crippen LogP contribution in [-0.2, 0) is 17.8 Å². The van der Waals surface area contributed by atoms with Crippen LogP contribution in [0.4, 0.5) is 4.39 Å². The van der Waals surface area contributed by atoms with Crippen molar-refractivity contribution in [1.29, 1.82) is 0 Å². The van der Waals surface area contributed by atoms with Crippen molar-refractivity contribution in [2.24, 2.45) is 0 Å². The Bertz CT molecular complexity index is 791. The standard InChI is InChI=1S/C22H27FN2O3/c1-27-20-9-10-21(28-2)17(13-20)14-25(19-7-8-19)15-22(26)24-12-11-16-3-5-18(23)6-4-16/h3-6,9-10,13,19H,7-8,11-12,14-15H2,1-2H3,(H,24,26). The smallest absolute Gasteiger partial charge is 0.234 e. The maximum absolute atomic E-state index is 13.0. The van der Waals surface area contributed by atoms with Crippen molar-refractivity contribution in [3.63, 3.8) is 0 Å². The molecule has 150 valence electrons. The van der Waals surface area contributed by atoms with Crippen molar-refractivity contribution in [3.05, 3.63) is 59.4 Å². The Hall–Kier alpha value is -2.60. The monoisotopic (exact) mass is 386 g/mol. The van der Waals surface area contributed by atoms with Crippen LogP contribution in [-0.4, -0.2) is 44.2 Å². The maximum Gasteiger partial charge on any atom is 0.234 e. The zero-order chi connectivity index (χ0) is 19.9. The molecule has 6 heteroatoms. The minimum atomic E-state index is -0.249. The number of halogens is 1. The lowest BCUT2D eigenvalue weighted by atomic mass is 10.1. The number of hydrogen-bond acceptors (Lipinski definition) is 4. The van der Waals surface area contributed by atoms with Crippen molar-refractivity contribution in [2.45, 2.75) is 31.8 Å². The van der Waals surface area contributed by atoms with E-state index in [9.17, 15) is 9.18 Å². The van der Waals surface area contributed by atoms with E-state index in [-0.39, 0.29) is 11.7 Å². The first-order valence-electron chi connectivity index (χ1n) is 9.55. The first-order valence-corrected chi connectivity index (χ1v) is 9.55. The summed E-state index contributed by atoms with van der Waals surface area (Å²) in [5, 5.41) is 2.97. The first kappa shape index (κ1) is 20.1. The molecule has 0 radical (unpaired) electrons. The molecule has 1 aliphatic rings. The Morgan fingerprint density at radius 2 is 1.89 bits per heavy atom. The normalized spacial score (nSPS) is 13.4. The van der Waals surface area contributed by atoms with Gasteiger partial charge in [0.15, 0.2) is 0 Å². The van der Waals surface area contributed by atoms with Gasteiger partial charge in [-0.05, 0) is 55.2 Å². The van der Waals surface area contributed by atoms with Crippen LogP contribution in [0.1, 0.15) is 24.0 Å². The summed E-state index contributed by atoms with van der Waals surface area (Å²) in [6.45, 7) is 1.51. The molecular formula is C22H27FN2O3. The predicted octanol–water partition coefficient (Wildman–Crippen LogP) is 3.17. The van der Waals surface area contributed by atoms with E-state index in [1.54, 1.807) is 26.4 Å². The Balaban J connectivity index is 1.54. The van der Waals surface area contributed by atoms with Gasteiger partial charge in [0.25, 0.3) is 0 Å². The molecule has 0 atom stereocenters. The average Bonchev–Trinajstić information content (AvgIpc) is 3.54. The van der Waals surface area contributed by atoms with Crippen molar-refractivity contribution in [3.8, 4) is 11.5 Å². The summed E-state index contributed by atoms with van der Waals surface area (Å²) in [5.74, 6) is 1.31. The van der Waals surface area contributed by atoms with Crippen molar-refractivity contribution in [1.82, 2.24) is 10.2 Å². The Morgan fingerprint density at radius 3 is 2.54 bits per heavy atom. The van der Waals surface area contributed by atoms with E-state index in [1.807, 2.05) is 18.2 Å². The van der Waals surface area contributed by atoms with Crippen LogP contribution in [0.2, 0.25) is 0 Å². The van der Waals surface area contributed by atoms with E-state index in [2.05, 4.69) is 10.2 Å². The first-order chi connectivity index (χ1) is 13.6. The van der Waals surface area contributed by atoms with Gasteiger partial charge < -0.3 is 14.8 Å². The van der Waals surface area contributed by atoms with Crippen LogP contribution in [0.25, 0.3) is 0 Å². The van der Waals surface area contributed by atoms with Crippen molar-refractivity contribution < 1.29 is 18.7 Å². The van der Waals surface area contributed by atoms with E-state index in [0.29, 0.717) is 32.1 Å². The van der Waals surface area contributed by atoms with Crippen LogP contribution in [0.15, 0.2) is 42.5 Å². The molecule has 0 aliphatic heterocycles. The fraction of sp³-hybridized carbons (Fsp3) is 0.409. The highest BCUT2D eigenvalue weighted by Gasteiger charge is 2.30. The summed E-state index contributed by atoms with van der Waals surface area (Å²) in [6.07, 6.45) is 2.89. The zero-order valence-corrected chi connectivity index (χ0v) is 16.4. The summed E-state index contributed by atoms with van der Waals surface area (Å²) >= 11 is 0. The third-order valence-electron chi connectivity index (χ3n) is 4.92. The molecule has 0 unspecified atom stereocenters. The molecule has 1 N–H and O–H groups in total. The molecule has 1 fully saturated rings. The summed E-state index contributed by atoms with van der Waals surface area (Å²) in [4.78, 5) is 14.6. The molecule has 28 heavy (non-hydrogen) atoms. The number of ether oxygens (including phenoxy) is 2. The lowest BCUT2D eigenvalue weighted by molar-refractivity contribution is -0.122. The predicted molar refractivity (Wildman–Crippen MR) is 106 cm³/mol. The second kappa shape index (κ2) is 9.55. The number of hydrogen-bond donors (Lipinski definition) is 1. The largest absolute Gasteiger partial charge is 0.497 e. The number of nitrogens with one attached hydrogen (secondary N) is 1. The molecule has 0 spiro atoms. The van der Waals surface area contributed by atoms with Gasteiger partial charge in [-0.25, -0.2) is 4.39 Å². The average molecular weight is 386 g/mol. The van der Waals surface area contributed by atoms with Crippen LogP contribution in [0, 0.1) is 5.82 Å². The molecule has 0 aromatic heterocycles. The van der Waals surface area contributed by atoms with E-state index >= 15 is 0 Å². The SMILES string of the molecule is COc1ccc(OC)c(CN(CC(=O)NCCc2ccc(F)cc2)C2CC2)c1. The molecule has 1 aliphatic carbocycles. The minimum absolute atomic E-state index is 0.00382. The van der Waals surface area contributed by atoms with Gasteiger partial charge in [0.2, 0.25) is 5.91 Å². The summed E-state index contributed by atoms with van der Waals surface area (Å²) < 4.78 is 23.7. The van der Waals surface area contributed by atoms with Gasteiger partial charge in [0.05, 0.1) is 20.8 Å². The van der Waals surface area contributed by atoms with Gasteiger partial charge in [-0.1, -0.05) is 12.1 Å². The highest BCUT2D eigenvalue weighted by molar-refractivity contribution is 5.78. The third-order valence-corrected chi connectivity index (χ3v) is 4.92. The van der Waals surface area contributed by atoms with Gasteiger partial charge in [0, 0.05) is 24.7 Å². The van der Waals surface area contributed by atoms with Gasteiger partial charge in [0.1, 0.15) is 17.3 Å². The number of carbonyl (C=O) groups excluding carboxylic acids is 1. The number of rotatable bonds is 10. The quantitative estimate of drug-likeness (QED) is 0.682. The lowest BCUT2D eigenvalue weighted by Gasteiger charge is -2.23. The minimum Gasteiger partial charge on any atom is -0.497 e. The Kier molecular flexibility index (Phi) is 6.87. The Morgan fingerprint density at radius 1 is 1.14 bits per heavy atom. The number of methoxy groups -OCH3 is 2. The third kappa shape index (κ3) is 5.70. The molecule has 2 aromatic carbocycles. The number of carbonyl (C=O) groups is 1. The fourth-order valence-electron chi connectivity index (χ4n) is 3.22. The van der Waals surface area contributed by atoms with Crippen LogP contribution in [0.3, 0.4) is 0 Å². The van der Waals surface area contributed by atoms with E-state index in [1.165, 1.54) is 12.1 Å². The van der Waals surface area contributed by atoms with Gasteiger partial charge >= 0.3 is 0 Å².